The summed E-state index contributed by atoms with van der Waals surface area (Å²) in [5.41, 5.74) is 6.40. The fourth-order valence-electron chi connectivity index (χ4n) is 1.01. The molecule has 1 heterocycles. The molecule has 0 aliphatic heterocycles. The molecule has 0 spiro atoms. The van der Waals surface area contributed by atoms with Crippen molar-refractivity contribution in [1.29, 1.82) is 0 Å². The molecule has 0 aliphatic carbocycles. The number of hydrogen-bond donors (Lipinski definition) is 2. The largest absolute Gasteiger partial charge is 0.506 e. The minimum atomic E-state index is -0.215. The molecule has 0 fully saturated rings. The van der Waals surface area contributed by atoms with Gasteiger partial charge in [0, 0.05) is 10.7 Å². The maximum atomic E-state index is 9.54. The van der Waals surface area contributed by atoms with Crippen molar-refractivity contribution in [2.45, 2.75) is 19.9 Å². The van der Waals surface area contributed by atoms with Gasteiger partial charge in [-0.3, -0.25) is 4.98 Å². The zero-order valence-electron chi connectivity index (χ0n) is 7.66. The quantitative estimate of drug-likeness (QED) is 0.839. The fourth-order valence-corrected chi connectivity index (χ4v) is 1.33. The summed E-state index contributed by atoms with van der Waals surface area (Å²) in [6.07, 6.45) is 1.64. The summed E-state index contributed by atoms with van der Waals surface area (Å²) >= 11 is 3.22. The Kier molecular flexibility index (Phi) is 3.27. The van der Waals surface area contributed by atoms with Crippen molar-refractivity contribution in [3.05, 3.63) is 22.4 Å². The Labute approximate surface area is 86.1 Å². The van der Waals surface area contributed by atoms with E-state index in [2.05, 4.69) is 20.9 Å². The molecule has 0 aliphatic rings. The molecule has 1 rings (SSSR count). The van der Waals surface area contributed by atoms with Gasteiger partial charge in [0.15, 0.2) is 0 Å². The van der Waals surface area contributed by atoms with Crippen molar-refractivity contribution in [2.24, 2.45) is 11.7 Å². The summed E-state index contributed by atoms with van der Waals surface area (Å²) in [6, 6.07) is 1.39. The molecule has 4 heteroatoms. The van der Waals surface area contributed by atoms with Crippen LogP contribution in [0.1, 0.15) is 25.6 Å². The highest BCUT2D eigenvalue weighted by atomic mass is 79.9. The van der Waals surface area contributed by atoms with Crippen LogP contribution in [-0.4, -0.2) is 10.1 Å². The summed E-state index contributed by atoms with van der Waals surface area (Å²) in [7, 11) is 0. The van der Waals surface area contributed by atoms with E-state index in [1.165, 1.54) is 0 Å². The van der Waals surface area contributed by atoms with Crippen molar-refractivity contribution in [2.75, 3.05) is 0 Å². The molecule has 1 atom stereocenters. The molecular formula is C9H13BrN2O. The third-order valence-corrected chi connectivity index (χ3v) is 2.33. The van der Waals surface area contributed by atoms with Crippen molar-refractivity contribution in [3.8, 4) is 5.75 Å². The van der Waals surface area contributed by atoms with Crippen LogP contribution in [0.25, 0.3) is 0 Å². The van der Waals surface area contributed by atoms with Gasteiger partial charge in [0.05, 0.1) is 11.7 Å². The van der Waals surface area contributed by atoms with Gasteiger partial charge in [-0.2, -0.15) is 0 Å². The predicted octanol–water partition coefficient (Wildman–Crippen LogP) is 2.21. The second-order valence-electron chi connectivity index (χ2n) is 3.33. The zero-order valence-corrected chi connectivity index (χ0v) is 9.25. The van der Waals surface area contributed by atoms with Crippen LogP contribution < -0.4 is 5.73 Å². The summed E-state index contributed by atoms with van der Waals surface area (Å²) in [4.78, 5) is 4.08. The van der Waals surface area contributed by atoms with Crippen LogP contribution in [0.4, 0.5) is 0 Å². The number of pyridine rings is 1. The Balaban J connectivity index is 3.01. The molecular weight excluding hydrogens is 232 g/mol. The Hall–Kier alpha value is -0.610. The average molecular weight is 245 g/mol. The maximum absolute atomic E-state index is 9.54. The molecule has 3 nitrogen and oxygen atoms in total. The van der Waals surface area contributed by atoms with Crippen LogP contribution in [0.15, 0.2) is 16.7 Å². The zero-order chi connectivity index (χ0) is 10.0. The third-order valence-electron chi connectivity index (χ3n) is 1.90. The molecule has 0 aromatic carbocycles. The first-order valence-corrected chi connectivity index (χ1v) is 4.91. The number of aromatic nitrogens is 1. The topological polar surface area (TPSA) is 59.1 Å². The molecule has 0 saturated heterocycles. The van der Waals surface area contributed by atoms with E-state index in [1.54, 1.807) is 12.3 Å². The first kappa shape index (κ1) is 10.5. The molecule has 1 aromatic rings. The Morgan fingerprint density at radius 2 is 2.15 bits per heavy atom. The van der Waals surface area contributed by atoms with Gasteiger partial charge in [-0.05, 0) is 27.9 Å². The van der Waals surface area contributed by atoms with Gasteiger partial charge in [0.1, 0.15) is 5.75 Å². The standard InChI is InChI=1S/C9H13BrN2O/c1-5(2)8(11)9-7(13)3-6(10)4-12-9/h3-5,8,13H,11H2,1-2H3. The van der Waals surface area contributed by atoms with Gasteiger partial charge in [0.2, 0.25) is 0 Å². The van der Waals surface area contributed by atoms with Gasteiger partial charge >= 0.3 is 0 Å². The number of halogens is 1. The summed E-state index contributed by atoms with van der Waals surface area (Å²) < 4.78 is 0.754. The Morgan fingerprint density at radius 1 is 1.54 bits per heavy atom. The van der Waals surface area contributed by atoms with Crippen LogP contribution in [0.2, 0.25) is 0 Å². The molecule has 0 bridgehead atoms. The second-order valence-corrected chi connectivity index (χ2v) is 4.24. The van der Waals surface area contributed by atoms with E-state index in [0.717, 1.165) is 4.47 Å². The average Bonchev–Trinajstić information content (AvgIpc) is 2.03. The SMILES string of the molecule is CC(C)C(N)c1ncc(Br)cc1O. The number of hydrogen-bond acceptors (Lipinski definition) is 3. The highest BCUT2D eigenvalue weighted by Crippen LogP contribution is 2.27. The van der Waals surface area contributed by atoms with E-state index in [-0.39, 0.29) is 17.7 Å². The molecule has 0 amide bonds. The molecule has 0 saturated carbocycles. The number of nitrogens with two attached hydrogens (primary N) is 1. The molecule has 3 N–H and O–H groups in total. The van der Waals surface area contributed by atoms with E-state index in [9.17, 15) is 5.11 Å². The van der Waals surface area contributed by atoms with Crippen LogP contribution >= 0.6 is 15.9 Å². The summed E-state index contributed by atoms with van der Waals surface area (Å²) in [6.45, 7) is 3.99. The number of aromatic hydroxyl groups is 1. The summed E-state index contributed by atoms with van der Waals surface area (Å²) in [5, 5.41) is 9.54. The van der Waals surface area contributed by atoms with E-state index in [4.69, 9.17) is 5.73 Å². The fraction of sp³-hybridized carbons (Fsp3) is 0.444. The maximum Gasteiger partial charge on any atom is 0.139 e. The van der Waals surface area contributed by atoms with Gasteiger partial charge < -0.3 is 10.8 Å². The van der Waals surface area contributed by atoms with Crippen molar-refractivity contribution >= 4 is 15.9 Å². The van der Waals surface area contributed by atoms with Crippen LogP contribution in [0.3, 0.4) is 0 Å². The van der Waals surface area contributed by atoms with Crippen LogP contribution in [0.5, 0.6) is 5.75 Å². The molecule has 13 heavy (non-hydrogen) atoms. The second kappa shape index (κ2) is 4.07. The lowest BCUT2D eigenvalue weighted by Gasteiger charge is -2.15. The highest BCUT2D eigenvalue weighted by Gasteiger charge is 2.15. The van der Waals surface area contributed by atoms with Crippen LogP contribution in [-0.2, 0) is 0 Å². The highest BCUT2D eigenvalue weighted by molar-refractivity contribution is 9.10. The number of rotatable bonds is 2. The first-order valence-electron chi connectivity index (χ1n) is 4.12. The minimum absolute atomic E-state index is 0.149. The minimum Gasteiger partial charge on any atom is -0.506 e. The third kappa shape index (κ3) is 2.42. The Bertz CT molecular complexity index is 302. The van der Waals surface area contributed by atoms with Crippen molar-refractivity contribution in [1.82, 2.24) is 4.98 Å². The van der Waals surface area contributed by atoms with Gasteiger partial charge in [0.25, 0.3) is 0 Å². The van der Waals surface area contributed by atoms with E-state index in [0.29, 0.717) is 5.69 Å². The van der Waals surface area contributed by atoms with E-state index >= 15 is 0 Å². The molecule has 72 valence electrons. The molecule has 1 aromatic heterocycles. The normalized spacial score (nSPS) is 13.3. The number of nitrogens with zero attached hydrogens (tertiary/aromatic N) is 1. The lowest BCUT2D eigenvalue weighted by atomic mass is 10.0. The van der Waals surface area contributed by atoms with E-state index in [1.807, 2.05) is 13.8 Å². The lowest BCUT2D eigenvalue weighted by molar-refractivity contribution is 0.430. The van der Waals surface area contributed by atoms with Crippen LogP contribution in [0, 0.1) is 5.92 Å². The molecule has 1 unspecified atom stereocenters. The monoisotopic (exact) mass is 244 g/mol. The molecule has 0 radical (unpaired) electrons. The summed E-state index contributed by atoms with van der Waals surface area (Å²) in [5.74, 6) is 0.412. The smallest absolute Gasteiger partial charge is 0.139 e. The lowest BCUT2D eigenvalue weighted by Crippen LogP contribution is -2.18. The van der Waals surface area contributed by atoms with Gasteiger partial charge in [-0.1, -0.05) is 13.8 Å². The van der Waals surface area contributed by atoms with Gasteiger partial charge in [-0.25, -0.2) is 0 Å². The van der Waals surface area contributed by atoms with Gasteiger partial charge in [-0.15, -0.1) is 0 Å². The van der Waals surface area contributed by atoms with Crippen molar-refractivity contribution in [3.63, 3.8) is 0 Å². The van der Waals surface area contributed by atoms with E-state index < -0.39 is 0 Å². The first-order chi connectivity index (χ1) is 6.02. The Morgan fingerprint density at radius 3 is 2.62 bits per heavy atom. The predicted molar refractivity (Wildman–Crippen MR) is 55.4 cm³/mol. The van der Waals surface area contributed by atoms with Crippen molar-refractivity contribution < 1.29 is 5.11 Å².